The van der Waals surface area contributed by atoms with Gasteiger partial charge >= 0.3 is 0 Å². The Morgan fingerprint density at radius 3 is 1.89 bits per heavy atom. The molecule has 0 unspecified atom stereocenters. The first kappa shape index (κ1) is 13.2. The maximum atomic E-state index is 5.68. The van der Waals surface area contributed by atoms with Crippen LogP contribution in [0, 0.1) is 0 Å². The lowest BCUT2D eigenvalue weighted by atomic mass is 10.3. The minimum absolute atomic E-state index is 0.536. The summed E-state index contributed by atoms with van der Waals surface area (Å²) in [7, 11) is 1.65. The van der Waals surface area contributed by atoms with E-state index in [4.69, 9.17) is 19.9 Å². The van der Waals surface area contributed by atoms with E-state index in [1.807, 2.05) is 36.4 Å². The van der Waals surface area contributed by atoms with E-state index in [1.165, 1.54) is 0 Å². The summed E-state index contributed by atoms with van der Waals surface area (Å²) in [5.74, 6) is 2.30. The van der Waals surface area contributed by atoms with E-state index >= 15 is 0 Å². The highest BCUT2D eigenvalue weighted by Gasteiger charge is 1.98. The number of ether oxygens (including phenoxy) is 3. The Bertz CT molecular complexity index is 494. The summed E-state index contributed by atoms with van der Waals surface area (Å²) < 4.78 is 16.1. The van der Waals surface area contributed by atoms with Gasteiger partial charge in [-0.1, -0.05) is 0 Å². The molecule has 0 saturated heterocycles. The molecule has 0 aliphatic carbocycles. The second-order valence-corrected chi connectivity index (χ2v) is 3.98. The van der Waals surface area contributed by atoms with Crippen molar-refractivity contribution in [3.8, 4) is 17.2 Å². The van der Waals surface area contributed by atoms with Gasteiger partial charge in [0.05, 0.1) is 6.61 Å². The van der Waals surface area contributed by atoms with Crippen LogP contribution < -0.4 is 15.2 Å². The molecule has 0 amide bonds. The quantitative estimate of drug-likeness (QED) is 0.639. The zero-order chi connectivity index (χ0) is 13.5. The van der Waals surface area contributed by atoms with Crippen LogP contribution in [0.1, 0.15) is 0 Å². The van der Waals surface area contributed by atoms with E-state index in [1.54, 1.807) is 19.2 Å². The highest BCUT2D eigenvalue weighted by molar-refractivity contribution is 5.43. The maximum absolute atomic E-state index is 5.68. The molecule has 0 bridgehead atoms. The Morgan fingerprint density at radius 1 is 0.789 bits per heavy atom. The third kappa shape index (κ3) is 4.19. The molecule has 0 atom stereocenters. The molecule has 2 rings (SSSR count). The van der Waals surface area contributed by atoms with Crippen LogP contribution in [-0.2, 0) is 4.74 Å². The van der Waals surface area contributed by atoms with Crippen molar-refractivity contribution in [3.63, 3.8) is 0 Å². The van der Waals surface area contributed by atoms with Crippen molar-refractivity contribution in [3.05, 3.63) is 48.5 Å². The van der Waals surface area contributed by atoms with Gasteiger partial charge in [0.25, 0.3) is 0 Å². The van der Waals surface area contributed by atoms with Gasteiger partial charge in [0.1, 0.15) is 23.9 Å². The van der Waals surface area contributed by atoms with Crippen molar-refractivity contribution in [2.45, 2.75) is 0 Å². The Kier molecular flexibility index (Phi) is 4.64. The third-order valence-corrected chi connectivity index (χ3v) is 2.50. The fourth-order valence-electron chi connectivity index (χ4n) is 1.52. The zero-order valence-electron chi connectivity index (χ0n) is 10.8. The van der Waals surface area contributed by atoms with Gasteiger partial charge in [0, 0.05) is 12.8 Å². The normalized spacial score (nSPS) is 10.2. The summed E-state index contributed by atoms with van der Waals surface area (Å²) in [6.45, 7) is 1.11. The van der Waals surface area contributed by atoms with E-state index in [0.29, 0.717) is 18.9 Å². The SMILES string of the molecule is COCCOc1ccc(Oc2ccc(N)cc2)cc1. The first-order chi connectivity index (χ1) is 9.28. The lowest BCUT2D eigenvalue weighted by Crippen LogP contribution is -2.03. The Morgan fingerprint density at radius 2 is 1.32 bits per heavy atom. The summed E-state index contributed by atoms with van der Waals surface area (Å²) >= 11 is 0. The van der Waals surface area contributed by atoms with Crippen LogP contribution in [-0.4, -0.2) is 20.3 Å². The largest absolute Gasteiger partial charge is 0.491 e. The van der Waals surface area contributed by atoms with Gasteiger partial charge in [-0.15, -0.1) is 0 Å². The van der Waals surface area contributed by atoms with E-state index in [9.17, 15) is 0 Å². The fraction of sp³-hybridized carbons (Fsp3) is 0.200. The third-order valence-electron chi connectivity index (χ3n) is 2.50. The molecule has 0 radical (unpaired) electrons. The molecule has 0 aliphatic rings. The second-order valence-electron chi connectivity index (χ2n) is 3.98. The molecule has 19 heavy (non-hydrogen) atoms. The number of methoxy groups -OCH3 is 1. The predicted molar refractivity (Wildman–Crippen MR) is 74.7 cm³/mol. The lowest BCUT2D eigenvalue weighted by Gasteiger charge is -2.08. The molecule has 0 aliphatic heterocycles. The number of benzene rings is 2. The van der Waals surface area contributed by atoms with Crippen molar-refractivity contribution in [1.29, 1.82) is 0 Å². The van der Waals surface area contributed by atoms with E-state index < -0.39 is 0 Å². The Balaban J connectivity index is 1.92. The van der Waals surface area contributed by atoms with Gasteiger partial charge in [-0.25, -0.2) is 0 Å². The minimum Gasteiger partial charge on any atom is -0.491 e. The summed E-state index contributed by atoms with van der Waals surface area (Å²) in [6, 6.07) is 14.7. The van der Waals surface area contributed by atoms with Crippen molar-refractivity contribution in [2.24, 2.45) is 0 Å². The number of nitrogens with two attached hydrogens (primary N) is 1. The monoisotopic (exact) mass is 259 g/mol. The number of rotatable bonds is 6. The van der Waals surface area contributed by atoms with Crippen LogP contribution in [0.4, 0.5) is 5.69 Å². The zero-order valence-corrected chi connectivity index (χ0v) is 10.8. The van der Waals surface area contributed by atoms with Gasteiger partial charge in [-0.05, 0) is 48.5 Å². The van der Waals surface area contributed by atoms with Crippen molar-refractivity contribution in [2.75, 3.05) is 26.1 Å². The van der Waals surface area contributed by atoms with Gasteiger partial charge in [-0.3, -0.25) is 0 Å². The average Bonchev–Trinajstić information content (AvgIpc) is 2.44. The first-order valence-electron chi connectivity index (χ1n) is 6.03. The van der Waals surface area contributed by atoms with Crippen LogP contribution in [0.5, 0.6) is 17.2 Å². The van der Waals surface area contributed by atoms with Gasteiger partial charge in [-0.2, -0.15) is 0 Å². The van der Waals surface area contributed by atoms with Crippen LogP contribution in [0.15, 0.2) is 48.5 Å². The molecule has 0 saturated carbocycles. The van der Waals surface area contributed by atoms with Crippen molar-refractivity contribution >= 4 is 5.69 Å². The number of hydrogen-bond donors (Lipinski definition) is 1. The van der Waals surface area contributed by atoms with Crippen molar-refractivity contribution in [1.82, 2.24) is 0 Å². The first-order valence-corrected chi connectivity index (χ1v) is 6.03. The molecule has 0 heterocycles. The highest BCUT2D eigenvalue weighted by Crippen LogP contribution is 2.24. The minimum atomic E-state index is 0.536. The summed E-state index contributed by atoms with van der Waals surface area (Å²) in [5, 5.41) is 0. The molecule has 0 fully saturated rings. The summed E-state index contributed by atoms with van der Waals surface area (Å²) in [5.41, 5.74) is 6.33. The lowest BCUT2D eigenvalue weighted by molar-refractivity contribution is 0.146. The predicted octanol–water partition coefficient (Wildman–Crippen LogP) is 3.09. The number of anilines is 1. The number of hydrogen-bond acceptors (Lipinski definition) is 4. The maximum Gasteiger partial charge on any atom is 0.127 e. The summed E-state index contributed by atoms with van der Waals surface area (Å²) in [4.78, 5) is 0. The number of nitrogen functional groups attached to an aromatic ring is 1. The molecule has 2 aromatic rings. The molecular formula is C15H17NO3. The van der Waals surface area contributed by atoms with Crippen molar-refractivity contribution < 1.29 is 14.2 Å². The van der Waals surface area contributed by atoms with E-state index in [2.05, 4.69) is 0 Å². The Hall–Kier alpha value is -2.20. The average molecular weight is 259 g/mol. The molecule has 0 spiro atoms. The van der Waals surface area contributed by atoms with Gasteiger partial charge in [0.2, 0.25) is 0 Å². The second kappa shape index (κ2) is 6.66. The standard InChI is InChI=1S/C15H17NO3/c1-17-10-11-18-13-6-8-15(9-7-13)19-14-4-2-12(16)3-5-14/h2-9H,10-11,16H2,1H3. The molecule has 2 aromatic carbocycles. The van der Waals surface area contributed by atoms with E-state index in [-0.39, 0.29) is 0 Å². The molecule has 4 heteroatoms. The fourth-order valence-corrected chi connectivity index (χ4v) is 1.52. The smallest absolute Gasteiger partial charge is 0.127 e. The molecule has 4 nitrogen and oxygen atoms in total. The van der Waals surface area contributed by atoms with Crippen LogP contribution in [0.3, 0.4) is 0 Å². The molecule has 0 aromatic heterocycles. The Labute approximate surface area is 112 Å². The van der Waals surface area contributed by atoms with Gasteiger partial charge < -0.3 is 19.9 Å². The van der Waals surface area contributed by atoms with E-state index in [0.717, 1.165) is 17.2 Å². The molecule has 100 valence electrons. The summed E-state index contributed by atoms with van der Waals surface area (Å²) in [6.07, 6.45) is 0. The van der Waals surface area contributed by atoms with Crippen LogP contribution >= 0.6 is 0 Å². The molecule has 2 N–H and O–H groups in total. The van der Waals surface area contributed by atoms with Crippen LogP contribution in [0.2, 0.25) is 0 Å². The topological polar surface area (TPSA) is 53.7 Å². The van der Waals surface area contributed by atoms with Crippen LogP contribution in [0.25, 0.3) is 0 Å². The highest BCUT2D eigenvalue weighted by atomic mass is 16.5. The molecular weight excluding hydrogens is 242 g/mol. The van der Waals surface area contributed by atoms with Gasteiger partial charge in [0.15, 0.2) is 0 Å².